The van der Waals surface area contributed by atoms with Crippen LogP contribution >= 0.6 is 23.2 Å². The van der Waals surface area contributed by atoms with Crippen LogP contribution in [0, 0.1) is 5.41 Å². The SMILES string of the molecule is CC(C)(C)COC1CCCC(c2cccc(Cl)c2)C12C=Nc1cc(Cl)ccc12. The van der Waals surface area contributed by atoms with Crippen molar-refractivity contribution in [2.45, 2.75) is 57.5 Å². The van der Waals surface area contributed by atoms with Gasteiger partial charge in [0.1, 0.15) is 0 Å². The third kappa shape index (κ3) is 3.63. The fourth-order valence-corrected chi connectivity index (χ4v) is 5.07. The zero-order chi connectivity index (χ0) is 19.9. The van der Waals surface area contributed by atoms with Crippen LogP contribution in [0.4, 0.5) is 5.69 Å². The molecule has 148 valence electrons. The number of aliphatic imine (C=N–C) groups is 1. The standard InChI is InChI=1S/C24H27Cl2NO/c1-23(2,3)15-28-22-9-5-8-19(16-6-4-7-17(25)12-16)24(22)14-27-21-13-18(26)10-11-20(21)24/h4,6-7,10-14,19,22H,5,8-9,15H2,1-3H3. The van der Waals surface area contributed by atoms with Crippen molar-refractivity contribution in [3.63, 3.8) is 0 Å². The molecule has 0 radical (unpaired) electrons. The van der Waals surface area contributed by atoms with Crippen LogP contribution in [0.15, 0.2) is 47.5 Å². The number of halogens is 2. The molecule has 0 aromatic heterocycles. The molecule has 3 unspecified atom stereocenters. The van der Waals surface area contributed by atoms with Crippen LogP contribution in [0.5, 0.6) is 0 Å². The second-order valence-electron chi connectivity index (χ2n) is 9.25. The highest BCUT2D eigenvalue weighted by Crippen LogP contribution is 2.55. The van der Waals surface area contributed by atoms with E-state index >= 15 is 0 Å². The van der Waals surface area contributed by atoms with E-state index in [4.69, 9.17) is 32.9 Å². The Bertz CT molecular complexity index is 902. The molecule has 2 aliphatic rings. The molecule has 1 heterocycles. The van der Waals surface area contributed by atoms with Crippen LogP contribution in [0.1, 0.15) is 57.1 Å². The van der Waals surface area contributed by atoms with Crippen molar-refractivity contribution in [2.24, 2.45) is 10.4 Å². The van der Waals surface area contributed by atoms with Crippen molar-refractivity contribution in [1.29, 1.82) is 0 Å². The average Bonchev–Trinajstić information content (AvgIpc) is 2.99. The summed E-state index contributed by atoms with van der Waals surface area (Å²) in [7, 11) is 0. The number of rotatable bonds is 3. The summed E-state index contributed by atoms with van der Waals surface area (Å²) in [4.78, 5) is 4.81. The predicted octanol–water partition coefficient (Wildman–Crippen LogP) is 7.35. The van der Waals surface area contributed by atoms with E-state index in [1.807, 2.05) is 24.3 Å². The first-order valence-corrected chi connectivity index (χ1v) is 10.8. The Labute approximate surface area is 177 Å². The van der Waals surface area contributed by atoms with E-state index in [1.165, 1.54) is 11.1 Å². The topological polar surface area (TPSA) is 21.6 Å². The van der Waals surface area contributed by atoms with Crippen molar-refractivity contribution < 1.29 is 4.74 Å². The second kappa shape index (κ2) is 7.48. The van der Waals surface area contributed by atoms with Gasteiger partial charge in [0.25, 0.3) is 0 Å². The highest BCUT2D eigenvalue weighted by atomic mass is 35.5. The Kier molecular flexibility index (Phi) is 5.33. The molecule has 1 aliphatic carbocycles. The monoisotopic (exact) mass is 415 g/mol. The van der Waals surface area contributed by atoms with Gasteiger partial charge in [-0.25, -0.2) is 0 Å². The van der Waals surface area contributed by atoms with Crippen LogP contribution in [-0.4, -0.2) is 18.9 Å². The smallest absolute Gasteiger partial charge is 0.0728 e. The lowest BCUT2D eigenvalue weighted by Gasteiger charge is -2.47. The maximum absolute atomic E-state index is 6.60. The van der Waals surface area contributed by atoms with E-state index in [9.17, 15) is 0 Å². The van der Waals surface area contributed by atoms with E-state index in [-0.39, 0.29) is 22.9 Å². The molecule has 2 aromatic rings. The molecule has 1 spiro atoms. The van der Waals surface area contributed by atoms with Crippen LogP contribution in [0.2, 0.25) is 10.0 Å². The molecule has 0 amide bonds. The van der Waals surface area contributed by atoms with Gasteiger partial charge in [-0.05, 0) is 53.6 Å². The molecule has 1 fully saturated rings. The molecule has 4 rings (SSSR count). The van der Waals surface area contributed by atoms with Crippen molar-refractivity contribution in [3.8, 4) is 0 Å². The van der Waals surface area contributed by atoms with Gasteiger partial charge in [0.15, 0.2) is 0 Å². The van der Waals surface area contributed by atoms with E-state index in [0.29, 0.717) is 0 Å². The van der Waals surface area contributed by atoms with E-state index < -0.39 is 0 Å². The van der Waals surface area contributed by atoms with Gasteiger partial charge in [0.05, 0.1) is 23.8 Å². The summed E-state index contributed by atoms with van der Waals surface area (Å²) in [5.41, 5.74) is 3.27. The van der Waals surface area contributed by atoms with Crippen molar-refractivity contribution in [2.75, 3.05) is 6.61 Å². The summed E-state index contributed by atoms with van der Waals surface area (Å²) in [6.07, 6.45) is 5.46. The number of hydrogen-bond acceptors (Lipinski definition) is 2. The zero-order valence-electron chi connectivity index (χ0n) is 16.7. The molecule has 28 heavy (non-hydrogen) atoms. The quantitative estimate of drug-likeness (QED) is 0.513. The van der Waals surface area contributed by atoms with Crippen molar-refractivity contribution in [1.82, 2.24) is 0 Å². The third-order valence-electron chi connectivity index (χ3n) is 5.88. The molecule has 3 atom stereocenters. The lowest BCUT2D eigenvalue weighted by atomic mass is 9.60. The van der Waals surface area contributed by atoms with E-state index in [0.717, 1.165) is 41.6 Å². The van der Waals surface area contributed by atoms with E-state index in [2.05, 4.69) is 45.2 Å². The molecule has 0 saturated heterocycles. The first-order chi connectivity index (χ1) is 13.3. The van der Waals surface area contributed by atoms with Gasteiger partial charge in [-0.3, -0.25) is 4.99 Å². The van der Waals surface area contributed by atoms with Crippen LogP contribution in [0.3, 0.4) is 0 Å². The molecule has 2 nitrogen and oxygen atoms in total. The van der Waals surface area contributed by atoms with Crippen molar-refractivity contribution >= 4 is 35.1 Å². The summed E-state index contributed by atoms with van der Waals surface area (Å²) < 4.78 is 6.60. The van der Waals surface area contributed by atoms with Crippen LogP contribution in [0.25, 0.3) is 0 Å². The zero-order valence-corrected chi connectivity index (χ0v) is 18.2. The summed E-state index contributed by atoms with van der Waals surface area (Å²) in [6.45, 7) is 7.37. The van der Waals surface area contributed by atoms with Gasteiger partial charge in [-0.15, -0.1) is 0 Å². The van der Waals surface area contributed by atoms with Gasteiger partial charge in [-0.2, -0.15) is 0 Å². The third-order valence-corrected chi connectivity index (χ3v) is 6.35. The maximum atomic E-state index is 6.60. The minimum absolute atomic E-state index is 0.0793. The second-order valence-corrected chi connectivity index (χ2v) is 10.1. The minimum Gasteiger partial charge on any atom is -0.376 e. The Morgan fingerprint density at radius 1 is 1.07 bits per heavy atom. The molecule has 0 N–H and O–H groups in total. The van der Waals surface area contributed by atoms with Crippen LogP contribution < -0.4 is 0 Å². The molecule has 1 aliphatic heterocycles. The highest BCUT2D eigenvalue weighted by Gasteiger charge is 2.52. The Morgan fingerprint density at radius 3 is 2.61 bits per heavy atom. The number of ether oxygens (including phenoxy) is 1. The van der Waals surface area contributed by atoms with Gasteiger partial charge in [-0.1, -0.05) is 68.6 Å². The van der Waals surface area contributed by atoms with Crippen molar-refractivity contribution in [3.05, 3.63) is 63.6 Å². The lowest BCUT2D eigenvalue weighted by molar-refractivity contribution is -0.0408. The Balaban J connectivity index is 1.82. The first kappa shape index (κ1) is 19.9. The molecular weight excluding hydrogens is 389 g/mol. The van der Waals surface area contributed by atoms with E-state index in [1.54, 1.807) is 0 Å². The molecular formula is C24H27Cl2NO. The molecule has 2 aromatic carbocycles. The molecule has 4 heteroatoms. The summed E-state index contributed by atoms with van der Waals surface area (Å²) >= 11 is 12.6. The van der Waals surface area contributed by atoms with Crippen LogP contribution in [-0.2, 0) is 10.2 Å². The Morgan fingerprint density at radius 2 is 1.86 bits per heavy atom. The first-order valence-electron chi connectivity index (χ1n) is 10.0. The van der Waals surface area contributed by atoms with Gasteiger partial charge >= 0.3 is 0 Å². The number of benzene rings is 2. The lowest BCUT2D eigenvalue weighted by Crippen LogP contribution is -2.49. The van der Waals surface area contributed by atoms with Gasteiger partial charge in [0, 0.05) is 22.2 Å². The maximum Gasteiger partial charge on any atom is 0.0728 e. The predicted molar refractivity (Wildman–Crippen MR) is 119 cm³/mol. The summed E-state index contributed by atoms with van der Waals surface area (Å²) in [5, 5.41) is 1.49. The average molecular weight is 416 g/mol. The molecule has 0 bridgehead atoms. The molecule has 1 saturated carbocycles. The number of fused-ring (bicyclic) bond motifs is 2. The van der Waals surface area contributed by atoms with Gasteiger partial charge in [0.2, 0.25) is 0 Å². The summed E-state index contributed by atoms with van der Waals surface area (Å²) in [5.74, 6) is 0.274. The minimum atomic E-state index is -0.284. The Hall–Kier alpha value is -1.35. The largest absolute Gasteiger partial charge is 0.376 e. The summed E-state index contributed by atoms with van der Waals surface area (Å²) in [6, 6.07) is 14.3. The normalized spacial score (nSPS) is 26.6. The highest BCUT2D eigenvalue weighted by molar-refractivity contribution is 6.31. The fraction of sp³-hybridized carbons (Fsp3) is 0.458. The van der Waals surface area contributed by atoms with Gasteiger partial charge < -0.3 is 4.74 Å². The fourth-order valence-electron chi connectivity index (χ4n) is 4.70. The number of nitrogens with zero attached hydrogens (tertiary/aromatic N) is 1. The number of hydrogen-bond donors (Lipinski definition) is 0.